The lowest BCUT2D eigenvalue weighted by atomic mass is 10.0. The SMILES string of the molecule is C.CNc1ncc(C)c(N[C@@H](C)c2cc3cccc(Cl)c3c(=O)n2-c2ccccc2)n1.Cc1ncc(C)c(N[C@@H](C)c2cc3cccc(C)c3c(=O)n2-c2ccccc2)n1.Cc1ncc(C)c(N[C@@H](C)c2cc3cccc(Cl)c3c(=O)n2-c2ccccc2)n1. The maximum atomic E-state index is 13.6. The van der Waals surface area contributed by atoms with Crippen LogP contribution in [0.5, 0.6) is 0 Å². The number of nitrogens with one attached hydrogen (secondary N) is 4. The summed E-state index contributed by atoms with van der Waals surface area (Å²) in [5, 5.41) is 18.5. The van der Waals surface area contributed by atoms with Gasteiger partial charge in [-0.15, -0.1) is 0 Å². The quantitative estimate of drug-likeness (QED) is 0.0853. The van der Waals surface area contributed by atoms with Crippen molar-refractivity contribution < 1.29 is 0 Å². The molecule has 3 atom stereocenters. The van der Waals surface area contributed by atoms with Crippen molar-refractivity contribution in [1.29, 1.82) is 0 Å². The molecular formula is C71H71Cl2N13O3. The van der Waals surface area contributed by atoms with Crippen LogP contribution in [0.4, 0.5) is 23.4 Å². The van der Waals surface area contributed by atoms with Gasteiger partial charge in [0.25, 0.3) is 16.7 Å². The number of aryl methyl sites for hydroxylation is 6. The van der Waals surface area contributed by atoms with Crippen molar-refractivity contribution in [2.75, 3.05) is 28.3 Å². The standard InChI is InChI=1S/C24H24N4O.C23H22ClN5O.C23H21ClN4O.CH4/c1-15-9-8-10-19-13-21(17(3)26-23-16(2)14-25-18(4)27-23)28(24(29)22(15)19)20-11-6-5-7-12-20;1-14-13-26-23(25-3)28-21(14)27-15(2)19-12-16-8-7-11-18(24)20(16)22(30)29(19)17-9-5-4-6-10-17;1-14-13-25-16(3)27-22(14)26-15(2)20-12-17-8-7-11-19(24)21(17)23(29)28(20)18-9-5-4-6-10-18;/h5-14,17H,1-4H3,(H,25,26,27);4-13,15H,1-3H3,(H2,25,26,27,28);4-13,15H,1-3H3,(H,25,26,27);1H4/t17-;2*15-;/m000./s1. The Morgan fingerprint density at radius 3 is 1.09 bits per heavy atom. The predicted molar refractivity (Wildman–Crippen MR) is 366 cm³/mol. The Morgan fingerprint density at radius 2 is 0.719 bits per heavy atom. The van der Waals surface area contributed by atoms with Gasteiger partial charge in [0, 0.05) is 76.5 Å². The number of benzene rings is 6. The van der Waals surface area contributed by atoms with Crippen LogP contribution in [-0.4, -0.2) is 50.7 Å². The van der Waals surface area contributed by atoms with Crippen LogP contribution in [0.2, 0.25) is 10.0 Å². The van der Waals surface area contributed by atoms with Gasteiger partial charge in [-0.1, -0.05) is 128 Å². The van der Waals surface area contributed by atoms with E-state index >= 15 is 0 Å². The summed E-state index contributed by atoms with van der Waals surface area (Å²) in [5.41, 5.74) is 8.45. The number of aromatic nitrogens is 9. The summed E-state index contributed by atoms with van der Waals surface area (Å²) in [7, 11) is 1.78. The highest BCUT2D eigenvalue weighted by Gasteiger charge is 2.22. The molecule has 0 unspecified atom stereocenters. The van der Waals surface area contributed by atoms with E-state index in [-0.39, 0.29) is 42.2 Å². The van der Waals surface area contributed by atoms with Gasteiger partial charge in [0.2, 0.25) is 5.95 Å². The largest absolute Gasteiger partial charge is 0.362 e. The lowest BCUT2D eigenvalue weighted by molar-refractivity contribution is 0.769. The van der Waals surface area contributed by atoms with Gasteiger partial charge in [0.15, 0.2) is 0 Å². The Labute approximate surface area is 527 Å². The lowest BCUT2D eigenvalue weighted by Crippen LogP contribution is -2.26. The summed E-state index contributed by atoms with van der Waals surface area (Å²) in [5.74, 6) is 4.17. The molecule has 6 aromatic carbocycles. The van der Waals surface area contributed by atoms with Crippen LogP contribution >= 0.6 is 23.2 Å². The van der Waals surface area contributed by atoms with Gasteiger partial charge in [0.05, 0.1) is 44.3 Å². The number of nitrogens with zero attached hydrogens (tertiary/aromatic N) is 9. The van der Waals surface area contributed by atoms with E-state index < -0.39 is 0 Å². The van der Waals surface area contributed by atoms with Crippen molar-refractivity contribution >= 4 is 78.9 Å². The molecule has 0 aliphatic rings. The molecule has 0 amide bonds. The van der Waals surface area contributed by atoms with E-state index in [1.54, 1.807) is 45.3 Å². The Kier molecular flexibility index (Phi) is 19.8. The van der Waals surface area contributed by atoms with Gasteiger partial charge in [-0.05, 0) is 151 Å². The van der Waals surface area contributed by atoms with Crippen LogP contribution in [0.25, 0.3) is 49.4 Å². The molecule has 18 heteroatoms. The first kappa shape index (κ1) is 63.5. The van der Waals surface area contributed by atoms with Crippen LogP contribution in [0.15, 0.2) is 197 Å². The molecule has 0 aliphatic carbocycles. The molecule has 0 aliphatic heterocycles. The molecule has 0 saturated heterocycles. The van der Waals surface area contributed by atoms with E-state index in [0.29, 0.717) is 44.2 Å². The summed E-state index contributed by atoms with van der Waals surface area (Å²) in [6.07, 6.45) is 5.37. The molecule has 0 saturated carbocycles. The fourth-order valence-electron chi connectivity index (χ4n) is 10.6. The summed E-state index contributed by atoms with van der Waals surface area (Å²) < 4.78 is 5.23. The Bertz CT molecular complexity index is 4520. The van der Waals surface area contributed by atoms with Crippen LogP contribution in [0.1, 0.15) is 97.3 Å². The van der Waals surface area contributed by atoms with Gasteiger partial charge >= 0.3 is 0 Å². The maximum Gasteiger partial charge on any atom is 0.264 e. The average Bonchev–Trinajstić information content (AvgIpc) is 0.947. The normalized spacial score (nSPS) is 12.0. The molecular weight excluding hydrogens is 1150 g/mol. The summed E-state index contributed by atoms with van der Waals surface area (Å²) >= 11 is 12.8. The molecule has 4 N–H and O–H groups in total. The van der Waals surface area contributed by atoms with E-state index in [1.165, 1.54) is 0 Å². The Morgan fingerprint density at radius 1 is 0.393 bits per heavy atom. The zero-order valence-corrected chi connectivity index (χ0v) is 52.1. The molecule has 12 rings (SSSR count). The third-order valence-corrected chi connectivity index (χ3v) is 15.8. The van der Waals surface area contributed by atoms with E-state index in [4.69, 9.17) is 23.2 Å². The molecule has 0 spiro atoms. The molecule has 6 aromatic heterocycles. The average molecular weight is 1230 g/mol. The third kappa shape index (κ3) is 13.7. The first-order valence-electron chi connectivity index (χ1n) is 28.8. The topological polar surface area (TPSA) is 191 Å². The van der Waals surface area contributed by atoms with Crippen molar-refractivity contribution in [2.45, 2.75) is 87.9 Å². The van der Waals surface area contributed by atoms with Crippen molar-refractivity contribution in [1.82, 2.24) is 43.6 Å². The molecule has 89 heavy (non-hydrogen) atoms. The van der Waals surface area contributed by atoms with Crippen LogP contribution < -0.4 is 37.9 Å². The van der Waals surface area contributed by atoms with Crippen LogP contribution in [0, 0.1) is 41.5 Å². The van der Waals surface area contributed by atoms with Crippen molar-refractivity contribution in [3.05, 3.63) is 274 Å². The molecule has 0 radical (unpaired) electrons. The maximum absolute atomic E-state index is 13.6. The molecule has 0 fully saturated rings. The van der Waals surface area contributed by atoms with Gasteiger partial charge in [-0.3, -0.25) is 28.1 Å². The van der Waals surface area contributed by atoms with E-state index in [2.05, 4.69) is 57.2 Å². The number of hydrogen-bond donors (Lipinski definition) is 4. The first-order chi connectivity index (χ1) is 42.4. The van der Waals surface area contributed by atoms with Gasteiger partial charge in [-0.2, -0.15) is 4.98 Å². The predicted octanol–water partition coefficient (Wildman–Crippen LogP) is 15.7. The van der Waals surface area contributed by atoms with Crippen molar-refractivity contribution in [3.8, 4) is 17.1 Å². The zero-order valence-electron chi connectivity index (χ0n) is 50.6. The first-order valence-corrected chi connectivity index (χ1v) is 29.6. The van der Waals surface area contributed by atoms with Crippen molar-refractivity contribution in [3.63, 3.8) is 0 Å². The highest BCUT2D eigenvalue weighted by Crippen LogP contribution is 2.31. The molecule has 6 heterocycles. The zero-order chi connectivity index (χ0) is 62.3. The number of anilines is 4. The minimum Gasteiger partial charge on any atom is -0.362 e. The fraction of sp³-hybridized carbons (Fsp3) is 0.197. The summed E-state index contributed by atoms with van der Waals surface area (Å²) in [6, 6.07) is 51.5. The number of halogens is 2. The smallest absolute Gasteiger partial charge is 0.264 e. The molecule has 16 nitrogen and oxygen atoms in total. The monoisotopic (exact) mass is 1220 g/mol. The minimum absolute atomic E-state index is 0. The molecule has 12 aromatic rings. The number of rotatable bonds is 13. The van der Waals surface area contributed by atoms with E-state index in [9.17, 15) is 14.4 Å². The second kappa shape index (κ2) is 27.8. The minimum atomic E-state index is -0.209. The second-order valence-corrected chi connectivity index (χ2v) is 22.4. The summed E-state index contributed by atoms with van der Waals surface area (Å²) in [6.45, 7) is 17.6. The summed E-state index contributed by atoms with van der Waals surface area (Å²) in [4.78, 5) is 66.8. The molecule has 0 bridgehead atoms. The lowest BCUT2D eigenvalue weighted by Gasteiger charge is -2.22. The Hall–Kier alpha value is -10.0. The second-order valence-electron chi connectivity index (χ2n) is 21.6. The Balaban J connectivity index is 0.000000158. The van der Waals surface area contributed by atoms with E-state index in [0.717, 1.165) is 89.6 Å². The number of hydrogen-bond acceptors (Lipinski definition) is 13. The van der Waals surface area contributed by atoms with Crippen molar-refractivity contribution in [2.24, 2.45) is 0 Å². The van der Waals surface area contributed by atoms with Crippen LogP contribution in [0.3, 0.4) is 0 Å². The highest BCUT2D eigenvalue weighted by molar-refractivity contribution is 6.35. The van der Waals surface area contributed by atoms with Gasteiger partial charge in [0.1, 0.15) is 29.1 Å². The van der Waals surface area contributed by atoms with E-state index in [1.807, 2.05) is 214 Å². The fourth-order valence-corrected chi connectivity index (χ4v) is 11.1. The number of para-hydroxylation sites is 3. The molecule has 452 valence electrons. The number of pyridine rings is 3. The van der Waals surface area contributed by atoms with Gasteiger partial charge < -0.3 is 21.3 Å². The highest BCUT2D eigenvalue weighted by atomic mass is 35.5. The van der Waals surface area contributed by atoms with Gasteiger partial charge in [-0.25, -0.2) is 24.9 Å². The third-order valence-electron chi connectivity index (χ3n) is 15.1. The van der Waals surface area contributed by atoms with Crippen LogP contribution in [-0.2, 0) is 0 Å². The number of fused-ring (bicyclic) bond motifs is 3.